The molecule has 1 aromatic carbocycles. The molecule has 1 heterocycles. The van der Waals surface area contributed by atoms with Crippen molar-refractivity contribution >= 4 is 29.1 Å². The molecule has 1 aliphatic heterocycles. The highest BCUT2D eigenvalue weighted by molar-refractivity contribution is 6.34. The molecule has 1 aromatic rings. The molecule has 5 nitrogen and oxygen atoms in total. The Kier molecular flexibility index (Phi) is 4.10. The predicted octanol–water partition coefficient (Wildman–Crippen LogP) is 2.11. The minimum atomic E-state index is -0.178. The quantitative estimate of drug-likeness (QED) is 0.876. The van der Waals surface area contributed by atoms with Crippen LogP contribution in [-0.4, -0.2) is 35.8 Å². The molecule has 2 fully saturated rings. The Labute approximate surface area is 134 Å². The van der Waals surface area contributed by atoms with Crippen molar-refractivity contribution in [2.75, 3.05) is 18.4 Å². The maximum absolute atomic E-state index is 12.7. The summed E-state index contributed by atoms with van der Waals surface area (Å²) in [7, 11) is 0. The van der Waals surface area contributed by atoms with Gasteiger partial charge in [0.25, 0.3) is 5.91 Å². The van der Waals surface area contributed by atoms with Crippen LogP contribution in [-0.2, 0) is 4.79 Å². The number of nitrogens with two attached hydrogens (primary N) is 1. The van der Waals surface area contributed by atoms with Crippen molar-refractivity contribution < 1.29 is 9.59 Å². The second-order valence-corrected chi connectivity index (χ2v) is 6.66. The van der Waals surface area contributed by atoms with Crippen LogP contribution in [0, 0.1) is 11.8 Å². The first-order valence-electron chi connectivity index (χ1n) is 7.57. The van der Waals surface area contributed by atoms with Crippen molar-refractivity contribution in [3.8, 4) is 0 Å². The summed E-state index contributed by atoms with van der Waals surface area (Å²) in [5.74, 6) is 0.652. The zero-order valence-corrected chi connectivity index (χ0v) is 13.3. The number of benzene rings is 1. The summed E-state index contributed by atoms with van der Waals surface area (Å²) in [5, 5.41) is 3.08. The van der Waals surface area contributed by atoms with Gasteiger partial charge in [-0.2, -0.15) is 0 Å². The molecule has 3 atom stereocenters. The lowest BCUT2D eigenvalue weighted by Crippen LogP contribution is -2.33. The van der Waals surface area contributed by atoms with Gasteiger partial charge in [0.05, 0.1) is 10.6 Å². The van der Waals surface area contributed by atoms with E-state index >= 15 is 0 Å². The van der Waals surface area contributed by atoms with E-state index in [0.717, 1.165) is 19.4 Å². The summed E-state index contributed by atoms with van der Waals surface area (Å²) >= 11 is 6.17. The number of hydrogen-bond acceptors (Lipinski definition) is 3. The lowest BCUT2D eigenvalue weighted by atomic mass is 9.98. The number of carbonyl (C=O) groups is 2. The zero-order chi connectivity index (χ0) is 15.9. The predicted molar refractivity (Wildman–Crippen MR) is 85.8 cm³/mol. The van der Waals surface area contributed by atoms with Crippen molar-refractivity contribution in [3.05, 3.63) is 28.8 Å². The fourth-order valence-corrected chi connectivity index (χ4v) is 3.81. The van der Waals surface area contributed by atoms with Crippen LogP contribution in [0.1, 0.15) is 30.1 Å². The number of rotatable bonds is 2. The van der Waals surface area contributed by atoms with Crippen LogP contribution < -0.4 is 11.1 Å². The lowest BCUT2D eigenvalue weighted by molar-refractivity contribution is -0.114. The average molecular weight is 322 g/mol. The first-order valence-corrected chi connectivity index (χ1v) is 7.95. The number of fused-ring (bicyclic) bond motifs is 1. The molecule has 6 heteroatoms. The van der Waals surface area contributed by atoms with Crippen LogP contribution in [0.15, 0.2) is 18.2 Å². The third-order valence-electron chi connectivity index (χ3n) is 4.72. The molecule has 0 spiro atoms. The standard InChI is InChI=1S/C16H20ClN3O2/c1-9(21)19-11-3-4-14(17)12(6-11)16(22)20-7-10-2-5-15(18)13(10)8-20/h3-4,6,10,13,15H,2,5,7-8,18H2,1H3,(H,19,21). The Morgan fingerprint density at radius 1 is 1.32 bits per heavy atom. The molecule has 1 saturated carbocycles. The van der Waals surface area contributed by atoms with Gasteiger partial charge in [0.1, 0.15) is 0 Å². The van der Waals surface area contributed by atoms with Gasteiger partial charge >= 0.3 is 0 Å². The summed E-state index contributed by atoms with van der Waals surface area (Å²) in [6, 6.07) is 5.17. The molecular weight excluding hydrogens is 302 g/mol. The van der Waals surface area contributed by atoms with Crippen LogP contribution in [0.5, 0.6) is 0 Å². The van der Waals surface area contributed by atoms with E-state index in [1.54, 1.807) is 18.2 Å². The van der Waals surface area contributed by atoms with Gasteiger partial charge in [0.2, 0.25) is 5.91 Å². The van der Waals surface area contributed by atoms with Crippen molar-refractivity contribution in [3.63, 3.8) is 0 Å². The van der Waals surface area contributed by atoms with E-state index in [-0.39, 0.29) is 17.9 Å². The fourth-order valence-electron chi connectivity index (χ4n) is 3.61. The van der Waals surface area contributed by atoms with E-state index in [0.29, 0.717) is 34.7 Å². The molecule has 118 valence electrons. The highest BCUT2D eigenvalue weighted by atomic mass is 35.5. The molecule has 22 heavy (non-hydrogen) atoms. The van der Waals surface area contributed by atoms with Gasteiger partial charge in [0, 0.05) is 31.7 Å². The van der Waals surface area contributed by atoms with E-state index in [1.165, 1.54) is 6.92 Å². The SMILES string of the molecule is CC(=O)Nc1ccc(Cl)c(C(=O)N2CC3CCC(N)C3C2)c1. The Balaban J connectivity index is 1.79. The largest absolute Gasteiger partial charge is 0.338 e. The molecular formula is C16H20ClN3O2. The van der Waals surface area contributed by atoms with Gasteiger partial charge in [-0.1, -0.05) is 11.6 Å². The summed E-state index contributed by atoms with van der Waals surface area (Å²) in [6.45, 7) is 2.88. The molecule has 0 bridgehead atoms. The summed E-state index contributed by atoms with van der Waals surface area (Å²) in [5.41, 5.74) is 7.13. The van der Waals surface area contributed by atoms with Crippen molar-refractivity contribution in [2.45, 2.75) is 25.8 Å². The van der Waals surface area contributed by atoms with Crippen LogP contribution in [0.4, 0.5) is 5.69 Å². The number of amides is 2. The lowest BCUT2D eigenvalue weighted by Gasteiger charge is -2.20. The number of anilines is 1. The second kappa shape index (κ2) is 5.89. The monoisotopic (exact) mass is 321 g/mol. The minimum Gasteiger partial charge on any atom is -0.338 e. The first-order chi connectivity index (χ1) is 10.5. The van der Waals surface area contributed by atoms with Crippen molar-refractivity contribution in [1.29, 1.82) is 0 Å². The minimum absolute atomic E-state index is 0.0844. The molecule has 2 amide bonds. The molecule has 2 aliphatic rings. The molecule has 1 aliphatic carbocycles. The normalized spacial score (nSPS) is 26.9. The number of halogens is 1. The number of likely N-dealkylation sites (tertiary alicyclic amines) is 1. The van der Waals surface area contributed by atoms with Gasteiger partial charge in [-0.25, -0.2) is 0 Å². The van der Waals surface area contributed by atoms with E-state index < -0.39 is 0 Å². The van der Waals surface area contributed by atoms with Crippen LogP contribution in [0.25, 0.3) is 0 Å². The van der Waals surface area contributed by atoms with Gasteiger partial charge < -0.3 is 16.0 Å². The third kappa shape index (κ3) is 2.83. The smallest absolute Gasteiger partial charge is 0.255 e. The van der Waals surface area contributed by atoms with Crippen LogP contribution >= 0.6 is 11.6 Å². The maximum Gasteiger partial charge on any atom is 0.255 e. The number of nitrogens with zero attached hydrogens (tertiary/aromatic N) is 1. The summed E-state index contributed by atoms with van der Waals surface area (Å²) in [6.07, 6.45) is 2.14. The Morgan fingerprint density at radius 2 is 2.09 bits per heavy atom. The number of carbonyl (C=O) groups excluding carboxylic acids is 2. The average Bonchev–Trinajstić information content (AvgIpc) is 3.02. The highest BCUT2D eigenvalue weighted by Crippen LogP contribution is 2.38. The van der Waals surface area contributed by atoms with Gasteiger partial charge in [-0.15, -0.1) is 0 Å². The Bertz CT molecular complexity index is 619. The maximum atomic E-state index is 12.7. The second-order valence-electron chi connectivity index (χ2n) is 6.25. The molecule has 1 saturated heterocycles. The molecule has 3 unspecified atom stereocenters. The first kappa shape index (κ1) is 15.3. The van der Waals surface area contributed by atoms with Gasteiger partial charge in [0.15, 0.2) is 0 Å². The summed E-state index contributed by atoms with van der Waals surface area (Å²) < 4.78 is 0. The van der Waals surface area contributed by atoms with Crippen LogP contribution in [0.3, 0.4) is 0 Å². The zero-order valence-electron chi connectivity index (χ0n) is 12.5. The molecule has 3 N–H and O–H groups in total. The number of nitrogens with one attached hydrogen (secondary N) is 1. The third-order valence-corrected chi connectivity index (χ3v) is 5.05. The Morgan fingerprint density at radius 3 is 2.77 bits per heavy atom. The van der Waals surface area contributed by atoms with E-state index in [1.807, 2.05) is 4.90 Å². The molecule has 3 rings (SSSR count). The summed E-state index contributed by atoms with van der Waals surface area (Å²) in [4.78, 5) is 25.7. The Hall–Kier alpha value is -1.59. The molecule has 0 radical (unpaired) electrons. The van der Waals surface area contributed by atoms with E-state index in [9.17, 15) is 9.59 Å². The van der Waals surface area contributed by atoms with E-state index in [2.05, 4.69) is 5.32 Å². The topological polar surface area (TPSA) is 75.4 Å². The van der Waals surface area contributed by atoms with E-state index in [4.69, 9.17) is 17.3 Å². The van der Waals surface area contributed by atoms with Crippen molar-refractivity contribution in [1.82, 2.24) is 4.90 Å². The van der Waals surface area contributed by atoms with Crippen molar-refractivity contribution in [2.24, 2.45) is 17.6 Å². The van der Waals surface area contributed by atoms with Crippen LogP contribution in [0.2, 0.25) is 5.02 Å². The highest BCUT2D eigenvalue weighted by Gasteiger charge is 2.42. The van der Waals surface area contributed by atoms with Gasteiger partial charge in [-0.3, -0.25) is 9.59 Å². The number of hydrogen-bond donors (Lipinski definition) is 2. The fraction of sp³-hybridized carbons (Fsp3) is 0.500. The molecule has 0 aromatic heterocycles. The van der Waals surface area contributed by atoms with Gasteiger partial charge in [-0.05, 0) is 42.9 Å².